The molecule has 0 radical (unpaired) electrons. The maximum atomic E-state index is 13.1. The lowest BCUT2D eigenvalue weighted by Crippen LogP contribution is -2.38. The van der Waals surface area contributed by atoms with Gasteiger partial charge in [0.25, 0.3) is 5.91 Å². The van der Waals surface area contributed by atoms with Crippen molar-refractivity contribution in [3.05, 3.63) is 53.6 Å². The Balaban J connectivity index is 1.73. The summed E-state index contributed by atoms with van der Waals surface area (Å²) in [6.07, 6.45) is -4.62. The summed E-state index contributed by atoms with van der Waals surface area (Å²) in [5.74, 6) is -1.39. The molecule has 0 unspecified atom stereocenters. The second-order valence-electron chi connectivity index (χ2n) is 6.87. The van der Waals surface area contributed by atoms with Crippen LogP contribution in [-0.4, -0.2) is 41.0 Å². The number of amides is 3. The average Bonchev–Trinajstić information content (AvgIpc) is 2.71. The molecule has 2 N–H and O–H groups in total. The topological polar surface area (TPSA) is 78.5 Å². The standard InChI is InChI=1S/C21H20F3N3O3S/c1-3-27(11-18(28)25-15-7-5-4-6-14(15)21(22,23)24)20(30)13-8-9-17-16(10-13)26-19(29)12(2)31-17/h4-10,12H,3,11H2,1-2H3,(H,25,28)(H,26,29)/t12-/m0/s1. The number of halogens is 3. The van der Waals surface area contributed by atoms with Gasteiger partial charge in [-0.05, 0) is 44.2 Å². The number of fused-ring (bicyclic) bond motifs is 1. The van der Waals surface area contributed by atoms with Crippen LogP contribution in [0.1, 0.15) is 29.8 Å². The van der Waals surface area contributed by atoms with Gasteiger partial charge in [-0.2, -0.15) is 13.2 Å². The van der Waals surface area contributed by atoms with E-state index in [9.17, 15) is 27.6 Å². The zero-order valence-corrected chi connectivity index (χ0v) is 17.6. The summed E-state index contributed by atoms with van der Waals surface area (Å²) in [6.45, 7) is 3.18. The zero-order chi connectivity index (χ0) is 22.8. The van der Waals surface area contributed by atoms with Gasteiger partial charge in [-0.3, -0.25) is 14.4 Å². The number of carbonyl (C=O) groups excluding carboxylic acids is 3. The largest absolute Gasteiger partial charge is 0.418 e. The molecule has 0 spiro atoms. The molecule has 6 nitrogen and oxygen atoms in total. The van der Waals surface area contributed by atoms with Crippen molar-refractivity contribution < 1.29 is 27.6 Å². The predicted octanol–water partition coefficient (Wildman–Crippen LogP) is 4.24. The Morgan fingerprint density at radius 2 is 1.90 bits per heavy atom. The first-order chi connectivity index (χ1) is 14.6. The van der Waals surface area contributed by atoms with E-state index in [1.807, 2.05) is 0 Å². The Hall–Kier alpha value is -3.01. The maximum Gasteiger partial charge on any atom is 0.418 e. The van der Waals surface area contributed by atoms with Crippen LogP contribution in [0.15, 0.2) is 47.4 Å². The van der Waals surface area contributed by atoms with Crippen molar-refractivity contribution >= 4 is 40.9 Å². The van der Waals surface area contributed by atoms with E-state index in [1.54, 1.807) is 26.0 Å². The molecule has 164 valence electrons. The fourth-order valence-electron chi connectivity index (χ4n) is 3.05. The van der Waals surface area contributed by atoms with Crippen molar-refractivity contribution in [3.63, 3.8) is 0 Å². The lowest BCUT2D eigenvalue weighted by molar-refractivity contribution is -0.137. The molecule has 0 fully saturated rings. The second-order valence-corrected chi connectivity index (χ2v) is 8.25. The Labute approximate surface area is 181 Å². The Morgan fingerprint density at radius 3 is 2.58 bits per heavy atom. The quantitative estimate of drug-likeness (QED) is 0.713. The van der Waals surface area contributed by atoms with Crippen molar-refractivity contribution in [2.24, 2.45) is 0 Å². The molecule has 0 aliphatic carbocycles. The summed E-state index contributed by atoms with van der Waals surface area (Å²) in [4.78, 5) is 39.2. The van der Waals surface area contributed by atoms with Gasteiger partial charge in [0, 0.05) is 17.0 Å². The first-order valence-electron chi connectivity index (χ1n) is 9.47. The van der Waals surface area contributed by atoms with Crippen LogP contribution in [0.25, 0.3) is 0 Å². The Kier molecular flexibility index (Phi) is 6.59. The third-order valence-corrected chi connectivity index (χ3v) is 5.84. The number of anilines is 2. The smallest absolute Gasteiger partial charge is 0.330 e. The van der Waals surface area contributed by atoms with Gasteiger partial charge in [0.2, 0.25) is 11.8 Å². The van der Waals surface area contributed by atoms with E-state index in [4.69, 9.17) is 0 Å². The van der Waals surface area contributed by atoms with E-state index >= 15 is 0 Å². The van der Waals surface area contributed by atoms with Crippen molar-refractivity contribution in [2.45, 2.75) is 30.2 Å². The molecule has 1 aliphatic heterocycles. The lowest BCUT2D eigenvalue weighted by atomic mass is 10.1. The van der Waals surface area contributed by atoms with Gasteiger partial charge < -0.3 is 15.5 Å². The molecule has 1 heterocycles. The Morgan fingerprint density at radius 1 is 1.19 bits per heavy atom. The minimum Gasteiger partial charge on any atom is -0.330 e. The molecule has 2 aromatic rings. The second kappa shape index (κ2) is 9.01. The molecular formula is C21H20F3N3O3S. The number of carbonyl (C=O) groups is 3. The van der Waals surface area contributed by atoms with E-state index in [1.165, 1.54) is 34.9 Å². The molecule has 0 aromatic heterocycles. The monoisotopic (exact) mass is 451 g/mol. The Bertz CT molecular complexity index is 1030. The predicted molar refractivity (Wildman–Crippen MR) is 112 cm³/mol. The third kappa shape index (κ3) is 5.19. The van der Waals surface area contributed by atoms with E-state index in [-0.39, 0.29) is 29.0 Å². The first-order valence-corrected chi connectivity index (χ1v) is 10.3. The fraction of sp³-hybridized carbons (Fsp3) is 0.286. The molecule has 3 amide bonds. The first kappa shape index (κ1) is 22.7. The van der Waals surface area contributed by atoms with Crippen LogP contribution in [-0.2, 0) is 15.8 Å². The van der Waals surface area contributed by atoms with Gasteiger partial charge in [-0.25, -0.2) is 0 Å². The normalized spacial score (nSPS) is 15.6. The van der Waals surface area contributed by atoms with Gasteiger partial charge in [-0.1, -0.05) is 12.1 Å². The van der Waals surface area contributed by atoms with Crippen LogP contribution in [0.2, 0.25) is 0 Å². The number of likely N-dealkylation sites (N-methyl/N-ethyl adjacent to an activating group) is 1. The minimum atomic E-state index is -4.62. The molecule has 2 aromatic carbocycles. The maximum absolute atomic E-state index is 13.1. The number of hydrogen-bond donors (Lipinski definition) is 2. The van der Waals surface area contributed by atoms with Gasteiger partial charge >= 0.3 is 6.18 Å². The van der Waals surface area contributed by atoms with Crippen LogP contribution in [0.4, 0.5) is 24.5 Å². The summed E-state index contributed by atoms with van der Waals surface area (Å²) in [7, 11) is 0. The molecule has 0 bridgehead atoms. The van der Waals surface area contributed by atoms with Gasteiger partial charge in [0.15, 0.2) is 0 Å². The van der Waals surface area contributed by atoms with Gasteiger partial charge in [0.05, 0.1) is 22.2 Å². The van der Waals surface area contributed by atoms with E-state index in [0.717, 1.165) is 17.0 Å². The van der Waals surface area contributed by atoms with Crippen molar-refractivity contribution in [2.75, 3.05) is 23.7 Å². The lowest BCUT2D eigenvalue weighted by Gasteiger charge is -2.24. The average molecular weight is 451 g/mol. The van der Waals surface area contributed by atoms with E-state index in [2.05, 4.69) is 10.6 Å². The molecule has 1 aliphatic rings. The van der Waals surface area contributed by atoms with Crippen molar-refractivity contribution in [1.29, 1.82) is 0 Å². The van der Waals surface area contributed by atoms with Crippen LogP contribution in [0.3, 0.4) is 0 Å². The number of alkyl halides is 3. The highest BCUT2D eigenvalue weighted by molar-refractivity contribution is 8.00. The van der Waals surface area contributed by atoms with E-state index < -0.39 is 30.1 Å². The molecule has 3 rings (SSSR count). The van der Waals surface area contributed by atoms with Gasteiger partial charge in [0.1, 0.15) is 6.54 Å². The van der Waals surface area contributed by atoms with Gasteiger partial charge in [-0.15, -0.1) is 11.8 Å². The summed E-state index contributed by atoms with van der Waals surface area (Å²) in [6, 6.07) is 9.49. The molecular weight excluding hydrogens is 431 g/mol. The zero-order valence-electron chi connectivity index (χ0n) is 16.7. The van der Waals surface area contributed by atoms with Crippen LogP contribution in [0, 0.1) is 0 Å². The van der Waals surface area contributed by atoms with Crippen LogP contribution in [0.5, 0.6) is 0 Å². The highest BCUT2D eigenvalue weighted by atomic mass is 32.2. The number of nitrogens with zero attached hydrogens (tertiary/aromatic N) is 1. The third-order valence-electron chi connectivity index (χ3n) is 4.67. The molecule has 10 heteroatoms. The number of para-hydroxylation sites is 1. The van der Waals surface area contributed by atoms with Crippen molar-refractivity contribution in [1.82, 2.24) is 4.90 Å². The number of thioether (sulfide) groups is 1. The molecule has 0 saturated carbocycles. The molecule has 1 atom stereocenters. The van der Waals surface area contributed by atoms with E-state index in [0.29, 0.717) is 5.69 Å². The number of benzene rings is 2. The molecule has 31 heavy (non-hydrogen) atoms. The summed E-state index contributed by atoms with van der Waals surface area (Å²) in [5.41, 5.74) is -0.556. The van der Waals surface area contributed by atoms with Crippen molar-refractivity contribution in [3.8, 4) is 0 Å². The highest BCUT2D eigenvalue weighted by Gasteiger charge is 2.33. The highest BCUT2D eigenvalue weighted by Crippen LogP contribution is 2.36. The number of hydrogen-bond acceptors (Lipinski definition) is 4. The summed E-state index contributed by atoms with van der Waals surface area (Å²) >= 11 is 1.38. The molecule has 0 saturated heterocycles. The SMILES string of the molecule is CCN(CC(=O)Nc1ccccc1C(F)(F)F)C(=O)c1ccc2c(c1)NC(=O)[C@H](C)S2. The number of nitrogens with one attached hydrogen (secondary N) is 2. The summed E-state index contributed by atoms with van der Waals surface area (Å²) < 4.78 is 39.4. The van der Waals surface area contributed by atoms with Crippen LogP contribution < -0.4 is 10.6 Å². The summed E-state index contributed by atoms with van der Waals surface area (Å²) in [5, 5.41) is 4.73. The van der Waals surface area contributed by atoms with Crippen LogP contribution >= 0.6 is 11.8 Å². The number of rotatable bonds is 5. The fourth-order valence-corrected chi connectivity index (χ4v) is 3.98. The minimum absolute atomic E-state index is 0.169.